The summed E-state index contributed by atoms with van der Waals surface area (Å²) in [6.07, 6.45) is 0. The van der Waals surface area contributed by atoms with Crippen LogP contribution < -0.4 is 9.64 Å². The zero-order valence-electron chi connectivity index (χ0n) is 19.4. The number of benzene rings is 2. The summed E-state index contributed by atoms with van der Waals surface area (Å²) in [5, 5.41) is 14.0. The first-order valence-corrected chi connectivity index (χ1v) is 13.4. The van der Waals surface area contributed by atoms with Crippen molar-refractivity contribution < 1.29 is 19.4 Å². The molecule has 2 aromatic carbocycles. The van der Waals surface area contributed by atoms with Crippen LogP contribution in [0.3, 0.4) is 0 Å². The molecule has 5 rings (SSSR count). The van der Waals surface area contributed by atoms with Crippen LogP contribution >= 0.6 is 45.9 Å². The molecule has 0 aliphatic carbocycles. The Hall–Kier alpha value is -2.91. The lowest BCUT2D eigenvalue weighted by molar-refractivity contribution is -0.132. The number of ether oxygens (including phenoxy) is 1. The molecule has 0 saturated carbocycles. The number of carbonyl (C=O) groups excluding carboxylic acids is 2. The second-order valence-corrected chi connectivity index (χ2v) is 11.4. The maximum atomic E-state index is 13.4. The maximum absolute atomic E-state index is 13.4. The standard InChI is InChI=1S/C26H20Cl2N2O4S2/c1-12(2)13-6-7-17-19(9-13)36-26(29-17)30-21(18-5-4-8-35-18)20(23(32)25(30)33)22(31)15-10-14(27)11-16(28)24(15)34-3/h4-12,21,31H,1-3H3/b22-20+. The van der Waals surface area contributed by atoms with Gasteiger partial charge >= 0.3 is 5.91 Å². The number of amides is 1. The van der Waals surface area contributed by atoms with Crippen molar-refractivity contribution in [2.75, 3.05) is 12.0 Å². The highest BCUT2D eigenvalue weighted by Gasteiger charge is 2.49. The van der Waals surface area contributed by atoms with E-state index in [1.165, 1.54) is 46.8 Å². The first-order valence-electron chi connectivity index (χ1n) is 11.0. The van der Waals surface area contributed by atoms with Gasteiger partial charge in [-0.05, 0) is 47.2 Å². The van der Waals surface area contributed by atoms with Crippen molar-refractivity contribution in [2.45, 2.75) is 25.8 Å². The van der Waals surface area contributed by atoms with E-state index in [0.29, 0.717) is 15.9 Å². The van der Waals surface area contributed by atoms with Crippen LogP contribution in [-0.2, 0) is 9.59 Å². The fraction of sp³-hybridized carbons (Fsp3) is 0.192. The van der Waals surface area contributed by atoms with E-state index in [4.69, 9.17) is 27.9 Å². The lowest BCUT2D eigenvalue weighted by Gasteiger charge is -2.21. The molecular formula is C26H20Cl2N2O4S2. The fourth-order valence-corrected chi connectivity index (χ4v) is 6.66. The molecule has 10 heteroatoms. The molecule has 1 atom stereocenters. The van der Waals surface area contributed by atoms with Crippen LogP contribution in [0.2, 0.25) is 10.0 Å². The number of halogens is 2. The molecule has 0 bridgehead atoms. The second kappa shape index (κ2) is 9.52. The van der Waals surface area contributed by atoms with Crippen LogP contribution in [0.4, 0.5) is 5.13 Å². The number of nitrogens with zero attached hydrogens (tertiary/aromatic N) is 2. The van der Waals surface area contributed by atoms with Gasteiger partial charge in [0.25, 0.3) is 5.78 Å². The van der Waals surface area contributed by atoms with Crippen molar-refractivity contribution in [2.24, 2.45) is 0 Å². The summed E-state index contributed by atoms with van der Waals surface area (Å²) in [7, 11) is 1.40. The van der Waals surface area contributed by atoms with Gasteiger partial charge in [0.2, 0.25) is 0 Å². The SMILES string of the molecule is COc1c(Cl)cc(Cl)cc1/C(O)=C1\C(=O)C(=O)N(c2nc3ccc(C(C)C)cc3s2)C1c1cccs1. The zero-order chi connectivity index (χ0) is 25.7. The molecule has 1 N–H and O–H groups in total. The van der Waals surface area contributed by atoms with E-state index < -0.39 is 23.5 Å². The number of methoxy groups -OCH3 is 1. The Bertz CT molecular complexity index is 1540. The number of thiazole rings is 1. The Balaban J connectivity index is 1.72. The summed E-state index contributed by atoms with van der Waals surface area (Å²) >= 11 is 15.2. The van der Waals surface area contributed by atoms with E-state index >= 15 is 0 Å². The number of aliphatic hydroxyl groups excluding tert-OH is 1. The molecule has 0 spiro atoms. The minimum absolute atomic E-state index is 0.0822. The van der Waals surface area contributed by atoms with Gasteiger partial charge in [-0.3, -0.25) is 14.5 Å². The van der Waals surface area contributed by atoms with Crippen LogP contribution in [0.5, 0.6) is 5.75 Å². The lowest BCUT2D eigenvalue weighted by atomic mass is 9.99. The molecule has 1 saturated heterocycles. The summed E-state index contributed by atoms with van der Waals surface area (Å²) in [6, 6.07) is 11.7. The van der Waals surface area contributed by atoms with Crippen molar-refractivity contribution in [1.82, 2.24) is 4.98 Å². The predicted molar refractivity (Wildman–Crippen MR) is 146 cm³/mol. The van der Waals surface area contributed by atoms with Gasteiger partial charge in [-0.2, -0.15) is 0 Å². The Morgan fingerprint density at radius 2 is 1.94 bits per heavy atom. The van der Waals surface area contributed by atoms with Gasteiger partial charge in [-0.15, -0.1) is 11.3 Å². The minimum atomic E-state index is -0.877. The van der Waals surface area contributed by atoms with Gasteiger partial charge in [0.05, 0.1) is 33.5 Å². The maximum Gasteiger partial charge on any atom is 0.301 e. The molecule has 3 heterocycles. The highest BCUT2D eigenvalue weighted by molar-refractivity contribution is 7.22. The van der Waals surface area contributed by atoms with Crippen LogP contribution in [0.15, 0.2) is 53.4 Å². The third-order valence-corrected chi connectivity index (χ3v) is 8.44. The summed E-state index contributed by atoms with van der Waals surface area (Å²) in [4.78, 5) is 33.6. The number of thiophene rings is 1. The summed E-state index contributed by atoms with van der Waals surface area (Å²) in [5.74, 6) is -1.54. The molecule has 1 unspecified atom stereocenters. The Labute approximate surface area is 225 Å². The molecular weight excluding hydrogens is 539 g/mol. The number of aliphatic hydroxyl groups is 1. The van der Waals surface area contributed by atoms with Crippen molar-refractivity contribution in [1.29, 1.82) is 0 Å². The van der Waals surface area contributed by atoms with E-state index in [0.717, 1.165) is 15.8 Å². The van der Waals surface area contributed by atoms with E-state index in [9.17, 15) is 14.7 Å². The van der Waals surface area contributed by atoms with Gasteiger partial charge in [0, 0.05) is 9.90 Å². The molecule has 1 amide bonds. The van der Waals surface area contributed by atoms with Crippen LogP contribution in [0, 0.1) is 0 Å². The Kier molecular flexibility index (Phi) is 6.55. The normalized spacial score (nSPS) is 17.5. The monoisotopic (exact) mass is 558 g/mol. The first-order chi connectivity index (χ1) is 17.2. The number of carbonyl (C=O) groups is 2. The third kappa shape index (κ3) is 4.08. The van der Waals surface area contributed by atoms with E-state index in [2.05, 4.69) is 24.9 Å². The average molecular weight is 559 g/mol. The van der Waals surface area contributed by atoms with Crippen LogP contribution in [0.25, 0.3) is 16.0 Å². The topological polar surface area (TPSA) is 79.7 Å². The number of ketones is 1. The molecule has 1 fully saturated rings. The third-order valence-electron chi connectivity index (χ3n) is 6.00. The number of fused-ring (bicyclic) bond motifs is 1. The fourth-order valence-electron chi connectivity index (χ4n) is 4.23. The van der Waals surface area contributed by atoms with Gasteiger partial charge < -0.3 is 9.84 Å². The summed E-state index contributed by atoms with van der Waals surface area (Å²) < 4.78 is 6.29. The number of hydrogen-bond donors (Lipinski definition) is 1. The highest BCUT2D eigenvalue weighted by atomic mass is 35.5. The number of rotatable bonds is 5. The van der Waals surface area contributed by atoms with Crippen molar-refractivity contribution in [3.63, 3.8) is 0 Å². The summed E-state index contributed by atoms with van der Waals surface area (Å²) in [6.45, 7) is 4.21. The highest BCUT2D eigenvalue weighted by Crippen LogP contribution is 2.47. The molecule has 4 aromatic rings. The van der Waals surface area contributed by atoms with Crippen molar-refractivity contribution in [3.05, 3.63) is 79.5 Å². The molecule has 2 aromatic heterocycles. The van der Waals surface area contributed by atoms with E-state index in [-0.39, 0.29) is 26.9 Å². The van der Waals surface area contributed by atoms with Gasteiger partial charge in [0.15, 0.2) is 5.13 Å². The smallest absolute Gasteiger partial charge is 0.301 e. The number of anilines is 1. The molecule has 184 valence electrons. The van der Waals surface area contributed by atoms with Crippen molar-refractivity contribution >= 4 is 78.7 Å². The number of aromatic nitrogens is 1. The quantitative estimate of drug-likeness (QED) is 0.156. The molecule has 0 radical (unpaired) electrons. The zero-order valence-corrected chi connectivity index (χ0v) is 22.6. The first kappa shape index (κ1) is 24.8. The largest absolute Gasteiger partial charge is 0.507 e. The minimum Gasteiger partial charge on any atom is -0.507 e. The second-order valence-electron chi connectivity index (χ2n) is 8.53. The Morgan fingerprint density at radius 1 is 1.17 bits per heavy atom. The van der Waals surface area contributed by atoms with Gasteiger partial charge in [-0.25, -0.2) is 4.98 Å². The molecule has 1 aliphatic heterocycles. The summed E-state index contributed by atoms with van der Waals surface area (Å²) in [5.41, 5.74) is 1.93. The predicted octanol–water partition coefficient (Wildman–Crippen LogP) is 7.42. The number of hydrogen-bond acceptors (Lipinski definition) is 7. The molecule has 6 nitrogen and oxygen atoms in total. The van der Waals surface area contributed by atoms with Gasteiger partial charge in [0.1, 0.15) is 17.6 Å². The lowest BCUT2D eigenvalue weighted by Crippen LogP contribution is -2.28. The van der Waals surface area contributed by atoms with E-state index in [1.807, 2.05) is 29.6 Å². The van der Waals surface area contributed by atoms with E-state index in [1.54, 1.807) is 0 Å². The van der Waals surface area contributed by atoms with Crippen LogP contribution in [-0.4, -0.2) is 28.9 Å². The average Bonchev–Trinajstić information content (AvgIpc) is 3.56. The Morgan fingerprint density at radius 3 is 2.61 bits per heavy atom. The van der Waals surface area contributed by atoms with Gasteiger partial charge in [-0.1, -0.05) is 60.5 Å². The molecule has 1 aliphatic rings. The number of Topliss-reactive ketones (excluding diaryl/α,β-unsaturated/α-hetero) is 1. The molecule has 36 heavy (non-hydrogen) atoms. The van der Waals surface area contributed by atoms with Crippen molar-refractivity contribution in [3.8, 4) is 5.75 Å². The van der Waals surface area contributed by atoms with Crippen LogP contribution in [0.1, 0.15) is 41.8 Å².